The molecule has 1 heterocycles. The van der Waals surface area contributed by atoms with Gasteiger partial charge in [0.05, 0.1) is 17.6 Å². The largest absolute Gasteiger partial charge is 0.377 e. The number of likely N-dealkylation sites (N-methyl/N-ethyl adjacent to an activating group) is 1. The number of pyridine rings is 1. The van der Waals surface area contributed by atoms with E-state index in [4.69, 9.17) is 16.3 Å². The van der Waals surface area contributed by atoms with E-state index in [2.05, 4.69) is 4.98 Å². The molecule has 1 aromatic heterocycles. The van der Waals surface area contributed by atoms with E-state index in [0.29, 0.717) is 13.2 Å². The number of halogens is 1. The molecule has 0 aromatic carbocycles. The number of nitrogens with zero attached hydrogens (tertiary/aromatic N) is 3. The minimum absolute atomic E-state index is 0.0635. The molecule has 0 saturated heterocycles. The quantitative estimate of drug-likeness (QED) is 0.452. The van der Waals surface area contributed by atoms with E-state index in [9.17, 15) is 10.1 Å². The van der Waals surface area contributed by atoms with Crippen LogP contribution in [-0.2, 0) is 4.74 Å². The van der Waals surface area contributed by atoms with Crippen molar-refractivity contribution in [1.29, 1.82) is 0 Å². The van der Waals surface area contributed by atoms with Gasteiger partial charge in [-0.15, -0.1) is 0 Å². The Morgan fingerprint density at radius 2 is 2.22 bits per heavy atom. The van der Waals surface area contributed by atoms with Crippen LogP contribution in [0.3, 0.4) is 0 Å². The van der Waals surface area contributed by atoms with E-state index in [1.54, 1.807) is 11.9 Å². The summed E-state index contributed by atoms with van der Waals surface area (Å²) in [7, 11) is 1.72. The fourth-order valence-electron chi connectivity index (χ4n) is 1.37. The van der Waals surface area contributed by atoms with Crippen LogP contribution in [0.25, 0.3) is 0 Å². The molecule has 100 valence electrons. The molecule has 0 saturated carbocycles. The lowest BCUT2D eigenvalue weighted by Gasteiger charge is -2.18. The van der Waals surface area contributed by atoms with Crippen molar-refractivity contribution in [1.82, 2.24) is 4.98 Å². The molecule has 0 aliphatic carbocycles. The molecule has 0 amide bonds. The van der Waals surface area contributed by atoms with Gasteiger partial charge in [-0.3, -0.25) is 10.1 Å². The molecule has 6 nitrogen and oxygen atoms in total. The van der Waals surface area contributed by atoms with Crippen molar-refractivity contribution < 1.29 is 9.66 Å². The van der Waals surface area contributed by atoms with Gasteiger partial charge in [0.15, 0.2) is 0 Å². The fraction of sp³-hybridized carbons (Fsp3) is 0.545. The average Bonchev–Trinajstić information content (AvgIpc) is 2.27. The summed E-state index contributed by atoms with van der Waals surface area (Å²) in [5.41, 5.74) is -0.0635. The minimum atomic E-state index is -0.474. The molecule has 1 aromatic rings. The topological polar surface area (TPSA) is 68.5 Å². The van der Waals surface area contributed by atoms with Gasteiger partial charge in [-0.25, -0.2) is 4.98 Å². The third-order valence-corrected chi connectivity index (χ3v) is 2.47. The summed E-state index contributed by atoms with van der Waals surface area (Å²) in [6.45, 7) is 4.84. The van der Waals surface area contributed by atoms with Gasteiger partial charge in [-0.1, -0.05) is 11.6 Å². The molecule has 0 unspecified atom stereocenters. The van der Waals surface area contributed by atoms with Gasteiger partial charge in [0.2, 0.25) is 5.82 Å². The van der Waals surface area contributed by atoms with Crippen molar-refractivity contribution in [3.8, 4) is 0 Å². The van der Waals surface area contributed by atoms with E-state index in [-0.39, 0.29) is 22.8 Å². The normalized spacial score (nSPS) is 10.7. The molecule has 0 N–H and O–H groups in total. The van der Waals surface area contributed by atoms with Crippen LogP contribution in [0.1, 0.15) is 13.8 Å². The number of rotatable bonds is 6. The number of ether oxygens (including phenoxy) is 1. The van der Waals surface area contributed by atoms with Crippen LogP contribution in [0, 0.1) is 10.1 Å². The van der Waals surface area contributed by atoms with Crippen LogP contribution < -0.4 is 4.90 Å². The van der Waals surface area contributed by atoms with Crippen molar-refractivity contribution in [3.63, 3.8) is 0 Å². The zero-order valence-electron chi connectivity index (χ0n) is 10.6. The standard InChI is InChI=1S/C11H16ClN3O3/c1-8(2)18-7-6-14(3)11-9(15(16)17)4-5-10(12)13-11/h4-5,8H,6-7H2,1-3H3. The number of aromatic nitrogens is 1. The number of hydrogen-bond acceptors (Lipinski definition) is 5. The Labute approximate surface area is 111 Å². The molecule has 0 aliphatic heterocycles. The highest BCUT2D eigenvalue weighted by atomic mass is 35.5. The SMILES string of the molecule is CC(C)OCCN(C)c1nc(Cl)ccc1[N+](=O)[O-]. The van der Waals surface area contributed by atoms with Gasteiger partial charge in [0, 0.05) is 19.7 Å². The number of nitro groups is 1. The minimum Gasteiger partial charge on any atom is -0.377 e. The molecule has 0 aliphatic rings. The molecule has 1 rings (SSSR count). The molecular weight excluding hydrogens is 258 g/mol. The first-order valence-corrected chi connectivity index (χ1v) is 5.93. The van der Waals surface area contributed by atoms with Gasteiger partial charge in [-0.05, 0) is 19.9 Å². The summed E-state index contributed by atoms with van der Waals surface area (Å²) in [4.78, 5) is 16.1. The highest BCUT2D eigenvalue weighted by Gasteiger charge is 2.19. The lowest BCUT2D eigenvalue weighted by Crippen LogP contribution is -2.25. The molecular formula is C11H16ClN3O3. The van der Waals surface area contributed by atoms with Crippen molar-refractivity contribution in [2.75, 3.05) is 25.1 Å². The second kappa shape index (κ2) is 6.51. The first kappa shape index (κ1) is 14.7. The first-order chi connectivity index (χ1) is 8.41. The maximum atomic E-state index is 10.9. The van der Waals surface area contributed by atoms with Crippen LogP contribution in [0.4, 0.5) is 11.5 Å². The molecule has 18 heavy (non-hydrogen) atoms. The molecule has 0 spiro atoms. The van der Waals surface area contributed by atoms with Gasteiger partial charge in [0.1, 0.15) is 5.15 Å². The van der Waals surface area contributed by atoms with Gasteiger partial charge >= 0.3 is 5.69 Å². The van der Waals surface area contributed by atoms with Gasteiger partial charge in [0.25, 0.3) is 0 Å². The Balaban J connectivity index is 2.80. The molecule has 0 atom stereocenters. The van der Waals surface area contributed by atoms with Crippen molar-refractivity contribution in [2.45, 2.75) is 20.0 Å². The summed E-state index contributed by atoms with van der Waals surface area (Å²) >= 11 is 5.76. The van der Waals surface area contributed by atoms with E-state index in [1.165, 1.54) is 12.1 Å². The number of hydrogen-bond donors (Lipinski definition) is 0. The molecule has 0 fully saturated rings. The fourth-order valence-corrected chi connectivity index (χ4v) is 1.52. The highest BCUT2D eigenvalue weighted by molar-refractivity contribution is 6.29. The summed E-state index contributed by atoms with van der Waals surface area (Å²) < 4.78 is 5.39. The number of anilines is 1. The molecule has 0 radical (unpaired) electrons. The van der Waals surface area contributed by atoms with Crippen molar-refractivity contribution in [2.24, 2.45) is 0 Å². The predicted octanol–water partition coefficient (Wildman–Crippen LogP) is 2.50. The zero-order chi connectivity index (χ0) is 13.7. The molecule has 7 heteroatoms. The van der Waals surface area contributed by atoms with Crippen LogP contribution in [-0.4, -0.2) is 36.2 Å². The first-order valence-electron chi connectivity index (χ1n) is 5.55. The summed E-state index contributed by atoms with van der Waals surface area (Å²) in [5, 5.41) is 11.1. The maximum Gasteiger partial charge on any atom is 0.311 e. The predicted molar refractivity (Wildman–Crippen MR) is 70.3 cm³/mol. The van der Waals surface area contributed by atoms with Crippen LogP contribution in [0.15, 0.2) is 12.1 Å². The van der Waals surface area contributed by atoms with E-state index >= 15 is 0 Å². The Kier molecular flexibility index (Phi) is 5.30. The van der Waals surface area contributed by atoms with Gasteiger partial charge in [-0.2, -0.15) is 0 Å². The Morgan fingerprint density at radius 1 is 1.56 bits per heavy atom. The van der Waals surface area contributed by atoms with Gasteiger partial charge < -0.3 is 9.64 Å². The molecule has 0 bridgehead atoms. The second-order valence-corrected chi connectivity index (χ2v) is 4.46. The summed E-state index contributed by atoms with van der Waals surface area (Å²) in [6.07, 6.45) is 0.126. The third-order valence-electron chi connectivity index (χ3n) is 2.26. The van der Waals surface area contributed by atoms with Crippen molar-refractivity contribution >= 4 is 23.1 Å². The van der Waals surface area contributed by atoms with Crippen LogP contribution >= 0.6 is 11.6 Å². The van der Waals surface area contributed by atoms with E-state index in [0.717, 1.165) is 0 Å². The Bertz CT molecular complexity index is 426. The van der Waals surface area contributed by atoms with Crippen LogP contribution in [0.5, 0.6) is 0 Å². The second-order valence-electron chi connectivity index (χ2n) is 4.07. The monoisotopic (exact) mass is 273 g/mol. The smallest absolute Gasteiger partial charge is 0.311 e. The van der Waals surface area contributed by atoms with Crippen molar-refractivity contribution in [3.05, 3.63) is 27.4 Å². The Hall–Kier alpha value is -1.40. The average molecular weight is 274 g/mol. The zero-order valence-corrected chi connectivity index (χ0v) is 11.3. The lowest BCUT2D eigenvalue weighted by atomic mass is 10.3. The third kappa shape index (κ3) is 4.12. The highest BCUT2D eigenvalue weighted by Crippen LogP contribution is 2.26. The Morgan fingerprint density at radius 3 is 2.78 bits per heavy atom. The lowest BCUT2D eigenvalue weighted by molar-refractivity contribution is -0.384. The van der Waals surface area contributed by atoms with E-state index in [1.807, 2.05) is 13.8 Å². The summed E-state index contributed by atoms with van der Waals surface area (Å²) in [6, 6.07) is 2.76. The van der Waals surface area contributed by atoms with E-state index < -0.39 is 4.92 Å². The van der Waals surface area contributed by atoms with Crippen LogP contribution in [0.2, 0.25) is 5.15 Å². The maximum absolute atomic E-state index is 10.9. The summed E-state index contributed by atoms with van der Waals surface area (Å²) in [5.74, 6) is 0.250.